The molecule has 2 aromatic rings. The van der Waals surface area contributed by atoms with E-state index in [2.05, 4.69) is 11.0 Å². The molecule has 1 saturated heterocycles. The third-order valence-corrected chi connectivity index (χ3v) is 6.65. The Bertz CT molecular complexity index is 1020. The Morgan fingerprint density at radius 3 is 2.68 bits per heavy atom. The monoisotopic (exact) mass is 413 g/mol. The molecule has 2 heterocycles. The van der Waals surface area contributed by atoms with Gasteiger partial charge in [0.1, 0.15) is 5.82 Å². The van der Waals surface area contributed by atoms with E-state index in [4.69, 9.17) is 11.6 Å². The summed E-state index contributed by atoms with van der Waals surface area (Å²) in [6.45, 7) is 2.32. The second-order valence-electron chi connectivity index (χ2n) is 6.85. The molecule has 7 heteroatoms. The molecule has 0 saturated carbocycles. The normalized spacial score (nSPS) is 19.5. The summed E-state index contributed by atoms with van der Waals surface area (Å²) in [5.74, 6) is -0.103. The van der Waals surface area contributed by atoms with E-state index in [0.29, 0.717) is 28.2 Å². The second kappa shape index (κ2) is 7.50. The zero-order valence-corrected chi connectivity index (χ0v) is 16.7. The van der Waals surface area contributed by atoms with Crippen LogP contribution in [0.25, 0.3) is 0 Å². The van der Waals surface area contributed by atoms with Gasteiger partial charge in [-0.05, 0) is 42.3 Å². The van der Waals surface area contributed by atoms with Crippen molar-refractivity contribution in [2.45, 2.75) is 19.3 Å². The van der Waals surface area contributed by atoms with Gasteiger partial charge in [-0.1, -0.05) is 41.6 Å². The number of nitriles is 1. The summed E-state index contributed by atoms with van der Waals surface area (Å²) in [7, 11) is 0. The maximum atomic E-state index is 13.3. The maximum Gasteiger partial charge on any atom is 0.229 e. The first-order valence-electron chi connectivity index (χ1n) is 8.82. The van der Waals surface area contributed by atoms with E-state index < -0.39 is 0 Å². The number of aryl methyl sites for hydroxylation is 1. The minimum absolute atomic E-state index is 0.0428. The third-order valence-electron chi connectivity index (χ3n) is 5.09. The number of hydrogen-bond acceptors (Lipinski definition) is 4. The van der Waals surface area contributed by atoms with Crippen molar-refractivity contribution in [2.75, 3.05) is 17.4 Å². The zero-order valence-electron chi connectivity index (χ0n) is 15.2. The van der Waals surface area contributed by atoms with Crippen molar-refractivity contribution in [1.29, 1.82) is 5.26 Å². The zero-order chi connectivity index (χ0) is 19.8. The van der Waals surface area contributed by atoms with E-state index >= 15 is 0 Å². The Balaban J connectivity index is 1.65. The van der Waals surface area contributed by atoms with Crippen molar-refractivity contribution in [3.63, 3.8) is 0 Å². The number of nitrogens with zero attached hydrogens (tertiary/aromatic N) is 3. The van der Waals surface area contributed by atoms with E-state index in [1.54, 1.807) is 17.0 Å². The first kappa shape index (κ1) is 18.9. The van der Waals surface area contributed by atoms with Crippen LogP contribution in [0, 0.1) is 24.1 Å². The van der Waals surface area contributed by atoms with Gasteiger partial charge in [-0.25, -0.2) is 4.39 Å². The van der Waals surface area contributed by atoms with Crippen LogP contribution in [-0.4, -0.2) is 23.4 Å². The summed E-state index contributed by atoms with van der Waals surface area (Å²) in [6, 6.07) is 14.1. The highest BCUT2D eigenvalue weighted by Crippen LogP contribution is 2.43. The molecule has 2 aromatic carbocycles. The molecular formula is C21H17ClFN3OS. The molecule has 2 aliphatic rings. The van der Waals surface area contributed by atoms with E-state index in [-0.39, 0.29) is 24.1 Å². The highest BCUT2D eigenvalue weighted by molar-refractivity contribution is 8.03. The lowest BCUT2D eigenvalue weighted by Gasteiger charge is -2.42. The van der Waals surface area contributed by atoms with Gasteiger partial charge in [0.05, 0.1) is 29.2 Å². The second-order valence-corrected chi connectivity index (χ2v) is 8.19. The lowest BCUT2D eigenvalue weighted by atomic mass is 9.86. The molecule has 0 bridgehead atoms. The number of carbonyl (C=O) groups excluding carboxylic acids is 1. The summed E-state index contributed by atoms with van der Waals surface area (Å²) in [4.78, 5) is 16.6. The number of halogens is 2. The fraction of sp³-hybridized carbons (Fsp3) is 0.238. The SMILES string of the molecule is Cc1ccc(N2CSC3=C(C#N)[C@@H](c4ccc(F)cc4)CC(=O)N3C2)cc1Cl. The summed E-state index contributed by atoms with van der Waals surface area (Å²) in [6.07, 6.45) is 0.196. The van der Waals surface area contributed by atoms with Crippen LogP contribution in [0.1, 0.15) is 23.5 Å². The van der Waals surface area contributed by atoms with Crippen molar-refractivity contribution in [2.24, 2.45) is 0 Å². The first-order valence-corrected chi connectivity index (χ1v) is 10.2. The van der Waals surface area contributed by atoms with Crippen molar-refractivity contribution in [3.05, 3.63) is 75.0 Å². The number of allylic oxidation sites excluding steroid dienone is 1. The number of thioether (sulfide) groups is 1. The molecule has 142 valence electrons. The van der Waals surface area contributed by atoms with Gasteiger partial charge in [-0.15, -0.1) is 0 Å². The van der Waals surface area contributed by atoms with Gasteiger partial charge in [-0.2, -0.15) is 5.26 Å². The predicted molar refractivity (Wildman–Crippen MR) is 109 cm³/mol. The molecule has 2 aliphatic heterocycles. The number of rotatable bonds is 2. The fourth-order valence-electron chi connectivity index (χ4n) is 3.48. The minimum Gasteiger partial charge on any atom is -0.344 e. The fourth-order valence-corrected chi connectivity index (χ4v) is 4.83. The highest BCUT2D eigenvalue weighted by atomic mass is 35.5. The van der Waals surface area contributed by atoms with Crippen molar-refractivity contribution >= 4 is 35.0 Å². The number of fused-ring (bicyclic) bond motifs is 1. The lowest BCUT2D eigenvalue weighted by Crippen LogP contribution is -2.47. The molecule has 0 spiro atoms. The predicted octanol–water partition coefficient (Wildman–Crippen LogP) is 5.01. The summed E-state index contributed by atoms with van der Waals surface area (Å²) in [5, 5.41) is 11.2. The van der Waals surface area contributed by atoms with Crippen LogP contribution in [0.15, 0.2) is 53.1 Å². The summed E-state index contributed by atoms with van der Waals surface area (Å²) >= 11 is 7.72. The summed E-state index contributed by atoms with van der Waals surface area (Å²) in [5.41, 5.74) is 3.29. The van der Waals surface area contributed by atoms with Crippen molar-refractivity contribution in [3.8, 4) is 6.07 Å². The molecule has 4 nitrogen and oxygen atoms in total. The molecule has 0 N–H and O–H groups in total. The topological polar surface area (TPSA) is 47.3 Å². The molecule has 0 aromatic heterocycles. The number of amides is 1. The van der Waals surface area contributed by atoms with Gasteiger partial charge in [0, 0.05) is 23.0 Å². The smallest absolute Gasteiger partial charge is 0.229 e. The van der Waals surface area contributed by atoms with Crippen LogP contribution in [-0.2, 0) is 4.79 Å². The molecule has 0 unspecified atom stereocenters. The van der Waals surface area contributed by atoms with E-state index in [9.17, 15) is 14.4 Å². The van der Waals surface area contributed by atoms with Gasteiger partial charge in [-0.3, -0.25) is 9.69 Å². The van der Waals surface area contributed by atoms with Crippen LogP contribution < -0.4 is 4.90 Å². The summed E-state index contributed by atoms with van der Waals surface area (Å²) < 4.78 is 13.3. The molecule has 28 heavy (non-hydrogen) atoms. The van der Waals surface area contributed by atoms with Gasteiger partial charge in [0.15, 0.2) is 0 Å². The number of carbonyl (C=O) groups is 1. The van der Waals surface area contributed by atoms with Gasteiger partial charge < -0.3 is 4.90 Å². The Morgan fingerprint density at radius 1 is 1.25 bits per heavy atom. The standard InChI is InChI=1S/C21H17ClFN3OS/c1-13-2-7-16(8-19(13)22)25-11-26-20(27)9-17(14-3-5-15(23)6-4-14)18(10-24)21(26)28-12-25/h2-8,17H,9,11-12H2,1H3/t17-/m1/s1. The van der Waals surface area contributed by atoms with Crippen LogP contribution >= 0.6 is 23.4 Å². The minimum atomic E-state index is -0.336. The van der Waals surface area contributed by atoms with E-state index in [1.165, 1.54) is 23.9 Å². The average molecular weight is 414 g/mol. The largest absolute Gasteiger partial charge is 0.344 e. The Morgan fingerprint density at radius 2 is 2.00 bits per heavy atom. The number of benzene rings is 2. The molecule has 4 rings (SSSR count). The average Bonchev–Trinajstić information content (AvgIpc) is 2.70. The van der Waals surface area contributed by atoms with Crippen LogP contribution in [0.4, 0.5) is 10.1 Å². The molecule has 1 fully saturated rings. The number of anilines is 1. The van der Waals surface area contributed by atoms with Crippen LogP contribution in [0.5, 0.6) is 0 Å². The van der Waals surface area contributed by atoms with E-state index in [1.807, 2.05) is 25.1 Å². The number of hydrogen-bond donors (Lipinski definition) is 0. The molecule has 1 amide bonds. The van der Waals surface area contributed by atoms with Gasteiger partial charge >= 0.3 is 0 Å². The van der Waals surface area contributed by atoms with Gasteiger partial charge in [0.2, 0.25) is 5.91 Å². The van der Waals surface area contributed by atoms with Crippen molar-refractivity contribution < 1.29 is 9.18 Å². The molecular weight excluding hydrogens is 397 g/mol. The van der Waals surface area contributed by atoms with E-state index in [0.717, 1.165) is 16.8 Å². The Labute approximate surface area is 172 Å². The van der Waals surface area contributed by atoms with Crippen LogP contribution in [0.3, 0.4) is 0 Å². The van der Waals surface area contributed by atoms with Crippen LogP contribution in [0.2, 0.25) is 5.02 Å². The van der Waals surface area contributed by atoms with Gasteiger partial charge in [0.25, 0.3) is 0 Å². The Hall–Kier alpha value is -2.49. The molecule has 0 aliphatic carbocycles. The quantitative estimate of drug-likeness (QED) is 0.694. The lowest BCUT2D eigenvalue weighted by molar-refractivity contribution is -0.129. The van der Waals surface area contributed by atoms with Crippen molar-refractivity contribution in [1.82, 2.24) is 4.90 Å². The maximum absolute atomic E-state index is 13.3. The third kappa shape index (κ3) is 3.36. The first-order chi connectivity index (χ1) is 13.5. The highest BCUT2D eigenvalue weighted by Gasteiger charge is 2.38. The Kier molecular flexibility index (Phi) is 5.05. The molecule has 1 atom stereocenters. The molecule has 0 radical (unpaired) electrons.